The summed E-state index contributed by atoms with van der Waals surface area (Å²) >= 11 is 0. The van der Waals surface area contributed by atoms with Crippen molar-refractivity contribution in [1.29, 1.82) is 0 Å². The Morgan fingerprint density at radius 3 is 2.53 bits per heavy atom. The predicted molar refractivity (Wildman–Crippen MR) is 54.7 cm³/mol. The van der Waals surface area contributed by atoms with Crippen molar-refractivity contribution in [2.24, 2.45) is 5.92 Å². The lowest BCUT2D eigenvalue weighted by Crippen LogP contribution is -2.60. The average Bonchev–Trinajstić information content (AvgIpc) is 2.23. The topological polar surface area (TPSA) is 61.4 Å². The number of carbonyl (C=O) groups is 2. The zero-order valence-electron chi connectivity index (χ0n) is 8.95. The highest BCUT2D eigenvalue weighted by molar-refractivity contribution is 5.93. The first-order chi connectivity index (χ1) is 7.16. The minimum absolute atomic E-state index is 0.0795. The number of carbonyl (C=O) groups excluding carboxylic acids is 2. The minimum Gasteiger partial charge on any atom is -0.291 e. The summed E-state index contributed by atoms with van der Waals surface area (Å²) in [5.74, 6) is 0.559. The van der Waals surface area contributed by atoms with E-state index in [4.69, 9.17) is 0 Å². The standard InChI is InChI=1S/C10H17N3O2/c1-7-2-4-13(5-3-7)8-6-9(14)11-12-10(8)15/h7-8H,2-6H2,1H3,(H,11,14)(H,12,15)/t8-/m1/s1. The first-order valence-corrected chi connectivity index (χ1v) is 5.49. The molecule has 0 unspecified atom stereocenters. The molecule has 2 fully saturated rings. The van der Waals surface area contributed by atoms with Gasteiger partial charge in [-0.1, -0.05) is 6.92 Å². The van der Waals surface area contributed by atoms with Crippen molar-refractivity contribution in [3.63, 3.8) is 0 Å². The van der Waals surface area contributed by atoms with Crippen LogP contribution in [0.4, 0.5) is 0 Å². The van der Waals surface area contributed by atoms with Gasteiger partial charge in [-0.15, -0.1) is 0 Å². The molecule has 2 amide bonds. The van der Waals surface area contributed by atoms with Gasteiger partial charge in [-0.05, 0) is 31.8 Å². The molecule has 2 aliphatic rings. The molecule has 0 saturated carbocycles. The van der Waals surface area contributed by atoms with Gasteiger partial charge in [0.2, 0.25) is 5.91 Å². The monoisotopic (exact) mass is 211 g/mol. The summed E-state index contributed by atoms with van der Waals surface area (Å²) in [4.78, 5) is 24.8. The Morgan fingerprint density at radius 2 is 1.87 bits per heavy atom. The van der Waals surface area contributed by atoms with E-state index in [0.29, 0.717) is 6.42 Å². The highest BCUT2D eigenvalue weighted by atomic mass is 16.2. The number of hydrogen-bond donors (Lipinski definition) is 2. The molecule has 84 valence electrons. The molecule has 0 spiro atoms. The Labute approximate surface area is 89.2 Å². The molecular weight excluding hydrogens is 194 g/mol. The molecule has 0 bridgehead atoms. The number of hydrogen-bond acceptors (Lipinski definition) is 3. The summed E-state index contributed by atoms with van der Waals surface area (Å²) in [6.07, 6.45) is 2.52. The fourth-order valence-corrected chi connectivity index (χ4v) is 2.17. The van der Waals surface area contributed by atoms with Crippen LogP contribution < -0.4 is 10.9 Å². The Bertz CT molecular complexity index is 272. The molecule has 2 heterocycles. The van der Waals surface area contributed by atoms with Crippen molar-refractivity contribution in [2.75, 3.05) is 13.1 Å². The maximum Gasteiger partial charge on any atom is 0.256 e. The van der Waals surface area contributed by atoms with Crippen molar-refractivity contribution < 1.29 is 9.59 Å². The van der Waals surface area contributed by atoms with Crippen LogP contribution in [-0.2, 0) is 9.59 Å². The number of nitrogens with zero attached hydrogens (tertiary/aromatic N) is 1. The molecule has 15 heavy (non-hydrogen) atoms. The number of amides is 2. The van der Waals surface area contributed by atoms with Gasteiger partial charge in [-0.3, -0.25) is 25.3 Å². The Balaban J connectivity index is 1.96. The molecule has 5 heteroatoms. The number of rotatable bonds is 1. The number of hydrazine groups is 1. The van der Waals surface area contributed by atoms with Crippen molar-refractivity contribution in [2.45, 2.75) is 32.2 Å². The van der Waals surface area contributed by atoms with Gasteiger partial charge in [0.25, 0.3) is 5.91 Å². The first kappa shape index (κ1) is 10.4. The minimum atomic E-state index is -0.258. The van der Waals surface area contributed by atoms with Crippen LogP contribution >= 0.6 is 0 Å². The van der Waals surface area contributed by atoms with E-state index in [2.05, 4.69) is 22.7 Å². The summed E-state index contributed by atoms with van der Waals surface area (Å²) in [6, 6.07) is -0.258. The van der Waals surface area contributed by atoms with Gasteiger partial charge in [0.1, 0.15) is 0 Å². The lowest BCUT2D eigenvalue weighted by Gasteiger charge is -2.37. The van der Waals surface area contributed by atoms with Gasteiger partial charge in [0, 0.05) is 0 Å². The molecule has 0 aromatic rings. The van der Waals surface area contributed by atoms with E-state index in [1.165, 1.54) is 0 Å². The normalized spacial score (nSPS) is 29.8. The van der Waals surface area contributed by atoms with Crippen LogP contribution in [0.25, 0.3) is 0 Å². The predicted octanol–water partition coefficient (Wildman–Crippen LogP) is -0.362. The molecule has 0 aliphatic carbocycles. The van der Waals surface area contributed by atoms with Gasteiger partial charge >= 0.3 is 0 Å². The molecule has 2 N–H and O–H groups in total. The summed E-state index contributed by atoms with van der Waals surface area (Å²) in [5.41, 5.74) is 4.75. The first-order valence-electron chi connectivity index (χ1n) is 5.49. The van der Waals surface area contributed by atoms with E-state index in [-0.39, 0.29) is 17.9 Å². The van der Waals surface area contributed by atoms with Gasteiger partial charge in [-0.2, -0.15) is 0 Å². The van der Waals surface area contributed by atoms with Crippen LogP contribution in [0.5, 0.6) is 0 Å². The third-order valence-electron chi connectivity index (χ3n) is 3.27. The summed E-state index contributed by atoms with van der Waals surface area (Å²) in [7, 11) is 0. The van der Waals surface area contributed by atoms with Crippen molar-refractivity contribution >= 4 is 11.8 Å². The van der Waals surface area contributed by atoms with Gasteiger partial charge in [0.15, 0.2) is 0 Å². The van der Waals surface area contributed by atoms with Crippen LogP contribution in [0.15, 0.2) is 0 Å². The smallest absolute Gasteiger partial charge is 0.256 e. The molecule has 5 nitrogen and oxygen atoms in total. The van der Waals surface area contributed by atoms with E-state index >= 15 is 0 Å². The van der Waals surface area contributed by atoms with E-state index in [1.807, 2.05) is 0 Å². The quantitative estimate of drug-likeness (QED) is 0.622. The average molecular weight is 211 g/mol. The van der Waals surface area contributed by atoms with Crippen LogP contribution in [0.1, 0.15) is 26.2 Å². The number of nitrogens with one attached hydrogen (secondary N) is 2. The third kappa shape index (κ3) is 2.28. The summed E-state index contributed by atoms with van der Waals surface area (Å²) in [6.45, 7) is 4.07. The maximum absolute atomic E-state index is 11.6. The largest absolute Gasteiger partial charge is 0.291 e. The summed E-state index contributed by atoms with van der Waals surface area (Å²) < 4.78 is 0. The highest BCUT2D eigenvalue weighted by Crippen LogP contribution is 2.20. The molecule has 0 aromatic heterocycles. The second kappa shape index (κ2) is 4.18. The number of likely N-dealkylation sites (tertiary alicyclic amines) is 1. The van der Waals surface area contributed by atoms with E-state index in [9.17, 15) is 9.59 Å². The van der Waals surface area contributed by atoms with Crippen LogP contribution in [-0.4, -0.2) is 35.8 Å². The SMILES string of the molecule is CC1CCN([C@@H]2CC(=O)NNC2=O)CC1. The van der Waals surface area contributed by atoms with Crippen molar-refractivity contribution in [1.82, 2.24) is 15.8 Å². The van der Waals surface area contributed by atoms with Gasteiger partial charge in [-0.25, -0.2) is 0 Å². The van der Waals surface area contributed by atoms with Gasteiger partial charge < -0.3 is 0 Å². The lowest BCUT2D eigenvalue weighted by molar-refractivity contribution is -0.140. The summed E-state index contributed by atoms with van der Waals surface area (Å²) in [5, 5.41) is 0. The molecule has 2 saturated heterocycles. The van der Waals surface area contributed by atoms with Crippen LogP contribution in [0, 0.1) is 5.92 Å². The lowest BCUT2D eigenvalue weighted by atomic mass is 9.96. The van der Waals surface area contributed by atoms with Gasteiger partial charge in [0.05, 0.1) is 12.5 Å². The fourth-order valence-electron chi connectivity index (χ4n) is 2.17. The van der Waals surface area contributed by atoms with Crippen molar-refractivity contribution in [3.05, 3.63) is 0 Å². The second-order valence-corrected chi connectivity index (χ2v) is 4.48. The van der Waals surface area contributed by atoms with E-state index in [0.717, 1.165) is 31.8 Å². The molecule has 0 radical (unpaired) electrons. The maximum atomic E-state index is 11.6. The Kier molecular flexibility index (Phi) is 2.90. The Morgan fingerprint density at radius 1 is 1.20 bits per heavy atom. The highest BCUT2D eigenvalue weighted by Gasteiger charge is 2.33. The zero-order chi connectivity index (χ0) is 10.8. The van der Waals surface area contributed by atoms with E-state index < -0.39 is 0 Å². The Hall–Kier alpha value is -1.10. The molecular formula is C10H17N3O2. The van der Waals surface area contributed by atoms with E-state index in [1.54, 1.807) is 0 Å². The molecule has 2 aliphatic heterocycles. The molecule has 1 atom stereocenters. The fraction of sp³-hybridized carbons (Fsp3) is 0.800. The van der Waals surface area contributed by atoms with Crippen LogP contribution in [0.3, 0.4) is 0 Å². The molecule has 2 rings (SSSR count). The van der Waals surface area contributed by atoms with Crippen LogP contribution in [0.2, 0.25) is 0 Å². The third-order valence-corrected chi connectivity index (χ3v) is 3.27. The second-order valence-electron chi connectivity index (χ2n) is 4.48. The number of piperidine rings is 1. The molecule has 0 aromatic carbocycles. The van der Waals surface area contributed by atoms with Crippen molar-refractivity contribution in [3.8, 4) is 0 Å². The zero-order valence-corrected chi connectivity index (χ0v) is 8.95.